The lowest BCUT2D eigenvalue weighted by Gasteiger charge is -2.31. The maximum absolute atomic E-state index is 13.3. The monoisotopic (exact) mass is 335 g/mol. The number of aromatic nitrogens is 2. The molecule has 2 atom stereocenters. The number of hydrogen-bond donors (Lipinski definition) is 1. The molecular weight excluding hydrogens is 313 g/mol. The average molecular weight is 335 g/mol. The van der Waals surface area contributed by atoms with Crippen molar-refractivity contribution in [2.24, 2.45) is 0 Å². The second kappa shape index (κ2) is 7.19. The number of aryl methyl sites for hydroxylation is 1. The SMILES string of the molecule is Fc1ccc([C@H](Cn2ccnc2)N[C@@H]2CCCc3ccccc32)cc1. The van der Waals surface area contributed by atoms with E-state index in [2.05, 4.69) is 39.1 Å². The van der Waals surface area contributed by atoms with Gasteiger partial charge in [-0.2, -0.15) is 0 Å². The van der Waals surface area contributed by atoms with Gasteiger partial charge in [0.15, 0.2) is 0 Å². The second-order valence-corrected chi connectivity index (χ2v) is 6.67. The highest BCUT2D eigenvalue weighted by molar-refractivity contribution is 5.32. The van der Waals surface area contributed by atoms with E-state index in [9.17, 15) is 4.39 Å². The van der Waals surface area contributed by atoms with Crippen molar-refractivity contribution >= 4 is 0 Å². The lowest BCUT2D eigenvalue weighted by Crippen LogP contribution is -2.31. The Hall–Kier alpha value is -2.46. The summed E-state index contributed by atoms with van der Waals surface area (Å²) in [5.41, 5.74) is 3.93. The maximum Gasteiger partial charge on any atom is 0.123 e. The molecule has 0 radical (unpaired) electrons. The summed E-state index contributed by atoms with van der Waals surface area (Å²) in [6, 6.07) is 15.9. The van der Waals surface area contributed by atoms with Crippen LogP contribution in [0.1, 0.15) is 41.6 Å². The van der Waals surface area contributed by atoms with E-state index >= 15 is 0 Å². The molecule has 128 valence electrons. The quantitative estimate of drug-likeness (QED) is 0.747. The molecular formula is C21H22FN3. The fourth-order valence-corrected chi connectivity index (χ4v) is 3.72. The number of imidazole rings is 1. The van der Waals surface area contributed by atoms with Crippen LogP contribution in [0.3, 0.4) is 0 Å². The van der Waals surface area contributed by atoms with Crippen molar-refractivity contribution in [2.75, 3.05) is 0 Å². The van der Waals surface area contributed by atoms with Gasteiger partial charge in [0.1, 0.15) is 5.82 Å². The Kier molecular flexibility index (Phi) is 4.61. The normalized spacial score (nSPS) is 17.9. The standard InChI is InChI=1S/C21H22FN3/c22-18-10-8-17(9-11-18)21(14-25-13-12-23-15-25)24-20-7-3-5-16-4-1-2-6-19(16)20/h1-2,4,6,8-13,15,20-21,24H,3,5,7,14H2/t20-,21+/m1/s1. The zero-order chi connectivity index (χ0) is 17.1. The Labute approximate surface area is 147 Å². The van der Waals surface area contributed by atoms with E-state index in [4.69, 9.17) is 0 Å². The van der Waals surface area contributed by atoms with Crippen molar-refractivity contribution in [3.8, 4) is 0 Å². The van der Waals surface area contributed by atoms with Crippen LogP contribution in [0.5, 0.6) is 0 Å². The van der Waals surface area contributed by atoms with Gasteiger partial charge in [-0.15, -0.1) is 0 Å². The van der Waals surface area contributed by atoms with Crippen molar-refractivity contribution in [1.29, 1.82) is 0 Å². The molecule has 2 aromatic carbocycles. The highest BCUT2D eigenvalue weighted by Crippen LogP contribution is 2.32. The third kappa shape index (κ3) is 3.64. The molecule has 1 aromatic heterocycles. The first-order chi connectivity index (χ1) is 12.3. The van der Waals surface area contributed by atoms with Crippen LogP contribution in [0, 0.1) is 5.82 Å². The number of benzene rings is 2. The van der Waals surface area contributed by atoms with Crippen LogP contribution < -0.4 is 5.32 Å². The molecule has 4 rings (SSSR count). The molecule has 0 fully saturated rings. The molecule has 3 nitrogen and oxygen atoms in total. The molecule has 0 aliphatic heterocycles. The Bertz CT molecular complexity index is 811. The summed E-state index contributed by atoms with van der Waals surface area (Å²) in [5, 5.41) is 3.82. The number of halogens is 1. The van der Waals surface area contributed by atoms with Crippen molar-refractivity contribution in [2.45, 2.75) is 37.9 Å². The first-order valence-electron chi connectivity index (χ1n) is 8.84. The van der Waals surface area contributed by atoms with Crippen LogP contribution in [0.25, 0.3) is 0 Å². The minimum atomic E-state index is -0.201. The smallest absolute Gasteiger partial charge is 0.123 e. The molecule has 0 unspecified atom stereocenters. The Morgan fingerprint density at radius 3 is 2.80 bits per heavy atom. The molecule has 3 aromatic rings. The highest BCUT2D eigenvalue weighted by Gasteiger charge is 2.23. The van der Waals surface area contributed by atoms with Gasteiger partial charge in [-0.1, -0.05) is 36.4 Å². The number of fused-ring (bicyclic) bond motifs is 1. The summed E-state index contributed by atoms with van der Waals surface area (Å²) < 4.78 is 15.4. The van der Waals surface area contributed by atoms with E-state index in [-0.39, 0.29) is 11.9 Å². The third-order valence-corrected chi connectivity index (χ3v) is 5.00. The minimum Gasteiger partial charge on any atom is -0.336 e. The van der Waals surface area contributed by atoms with Crippen LogP contribution in [-0.4, -0.2) is 9.55 Å². The topological polar surface area (TPSA) is 29.9 Å². The van der Waals surface area contributed by atoms with Gasteiger partial charge in [-0.05, 0) is 48.1 Å². The Morgan fingerprint density at radius 2 is 2.00 bits per heavy atom. The Morgan fingerprint density at radius 1 is 1.16 bits per heavy atom. The van der Waals surface area contributed by atoms with Gasteiger partial charge >= 0.3 is 0 Å². The van der Waals surface area contributed by atoms with Crippen molar-refractivity contribution in [1.82, 2.24) is 14.9 Å². The van der Waals surface area contributed by atoms with Crippen molar-refractivity contribution in [3.63, 3.8) is 0 Å². The number of rotatable bonds is 5. The van der Waals surface area contributed by atoms with E-state index in [1.54, 1.807) is 6.20 Å². The summed E-state index contributed by atoms with van der Waals surface area (Å²) in [6.07, 6.45) is 9.04. The van der Waals surface area contributed by atoms with Crippen LogP contribution in [0.2, 0.25) is 0 Å². The van der Waals surface area contributed by atoms with E-state index in [0.29, 0.717) is 6.04 Å². The van der Waals surface area contributed by atoms with E-state index in [1.807, 2.05) is 24.7 Å². The summed E-state index contributed by atoms with van der Waals surface area (Å²) in [6.45, 7) is 0.768. The molecule has 0 bridgehead atoms. The van der Waals surface area contributed by atoms with Crippen LogP contribution in [0.4, 0.5) is 4.39 Å². The number of nitrogens with one attached hydrogen (secondary N) is 1. The lowest BCUT2D eigenvalue weighted by molar-refractivity contribution is 0.370. The molecule has 1 aliphatic carbocycles. The first-order valence-corrected chi connectivity index (χ1v) is 8.84. The Balaban J connectivity index is 1.61. The van der Waals surface area contributed by atoms with E-state index < -0.39 is 0 Å². The molecule has 0 spiro atoms. The molecule has 25 heavy (non-hydrogen) atoms. The zero-order valence-corrected chi connectivity index (χ0v) is 14.1. The summed E-state index contributed by atoms with van der Waals surface area (Å²) in [4.78, 5) is 4.14. The summed E-state index contributed by atoms with van der Waals surface area (Å²) in [5.74, 6) is -0.201. The van der Waals surface area contributed by atoms with Gasteiger partial charge in [-0.3, -0.25) is 0 Å². The van der Waals surface area contributed by atoms with Crippen molar-refractivity contribution < 1.29 is 4.39 Å². The van der Waals surface area contributed by atoms with Crippen LogP contribution in [0.15, 0.2) is 67.3 Å². The maximum atomic E-state index is 13.3. The molecule has 1 aliphatic rings. The second-order valence-electron chi connectivity index (χ2n) is 6.67. The predicted molar refractivity (Wildman–Crippen MR) is 96.6 cm³/mol. The minimum absolute atomic E-state index is 0.103. The molecule has 0 saturated heterocycles. The van der Waals surface area contributed by atoms with Gasteiger partial charge in [-0.25, -0.2) is 9.37 Å². The predicted octanol–water partition coefficient (Wildman–Crippen LogP) is 4.43. The molecule has 1 heterocycles. The molecule has 0 amide bonds. The summed E-state index contributed by atoms with van der Waals surface area (Å²) >= 11 is 0. The average Bonchev–Trinajstić information content (AvgIpc) is 3.15. The van der Waals surface area contributed by atoms with Crippen LogP contribution >= 0.6 is 0 Å². The highest BCUT2D eigenvalue weighted by atomic mass is 19.1. The fourth-order valence-electron chi connectivity index (χ4n) is 3.72. The first kappa shape index (κ1) is 16.0. The molecule has 1 N–H and O–H groups in total. The third-order valence-electron chi connectivity index (χ3n) is 5.00. The van der Waals surface area contributed by atoms with E-state index in [1.165, 1.54) is 29.7 Å². The number of nitrogens with zero attached hydrogens (tertiary/aromatic N) is 2. The molecule has 4 heteroatoms. The fraction of sp³-hybridized carbons (Fsp3) is 0.286. The van der Waals surface area contributed by atoms with Gasteiger partial charge in [0.05, 0.1) is 12.4 Å². The zero-order valence-electron chi connectivity index (χ0n) is 14.1. The van der Waals surface area contributed by atoms with E-state index in [0.717, 1.165) is 24.9 Å². The van der Waals surface area contributed by atoms with Gasteiger partial charge in [0.25, 0.3) is 0 Å². The van der Waals surface area contributed by atoms with Gasteiger partial charge in [0, 0.05) is 25.0 Å². The van der Waals surface area contributed by atoms with Crippen LogP contribution in [-0.2, 0) is 13.0 Å². The molecule has 0 saturated carbocycles. The largest absolute Gasteiger partial charge is 0.336 e. The number of hydrogen-bond acceptors (Lipinski definition) is 2. The van der Waals surface area contributed by atoms with Gasteiger partial charge in [0.2, 0.25) is 0 Å². The van der Waals surface area contributed by atoms with Gasteiger partial charge < -0.3 is 9.88 Å². The van der Waals surface area contributed by atoms with Crippen molar-refractivity contribution in [3.05, 3.63) is 89.8 Å². The summed E-state index contributed by atoms with van der Waals surface area (Å²) in [7, 11) is 0. The lowest BCUT2D eigenvalue weighted by atomic mass is 9.87.